The Morgan fingerprint density at radius 3 is 1.46 bits per heavy atom. The molecule has 0 bridgehead atoms. The summed E-state index contributed by atoms with van der Waals surface area (Å²) in [7, 11) is 0. The van der Waals surface area contributed by atoms with Gasteiger partial charge in [-0.15, -0.1) is 0 Å². The molecule has 10 aromatic rings. The first-order chi connectivity index (χ1) is 25.8. The molecule has 0 unspecified atom stereocenters. The normalized spacial score (nSPS) is 11.5. The molecule has 0 spiro atoms. The molecule has 10 rings (SSSR count). The summed E-state index contributed by atoms with van der Waals surface area (Å²) in [6.45, 7) is 0. The maximum atomic E-state index is 2.46. The van der Waals surface area contributed by atoms with Gasteiger partial charge in [0.25, 0.3) is 0 Å². The second kappa shape index (κ2) is 12.5. The Balaban J connectivity index is 1.26. The Kier molecular flexibility index (Phi) is 7.18. The van der Waals surface area contributed by atoms with Crippen molar-refractivity contribution in [1.82, 2.24) is 4.57 Å². The van der Waals surface area contributed by atoms with Crippen LogP contribution in [0, 0.1) is 0 Å². The van der Waals surface area contributed by atoms with E-state index in [0.29, 0.717) is 0 Å². The van der Waals surface area contributed by atoms with Gasteiger partial charge in [-0.05, 0) is 87.3 Å². The molecule has 0 fully saturated rings. The average Bonchev–Trinajstić information content (AvgIpc) is 3.55. The molecule has 52 heavy (non-hydrogen) atoms. The van der Waals surface area contributed by atoms with Crippen LogP contribution in [0.5, 0.6) is 0 Å². The van der Waals surface area contributed by atoms with Crippen LogP contribution in [0.15, 0.2) is 206 Å². The number of nitrogens with zero attached hydrogens (tertiary/aromatic N) is 2. The fraction of sp³-hybridized carbons (Fsp3) is 0. The van der Waals surface area contributed by atoms with Gasteiger partial charge < -0.3 is 9.47 Å². The van der Waals surface area contributed by atoms with Crippen molar-refractivity contribution < 1.29 is 0 Å². The summed E-state index contributed by atoms with van der Waals surface area (Å²) in [5.41, 5.74) is 11.5. The third-order valence-corrected chi connectivity index (χ3v) is 10.3. The third kappa shape index (κ3) is 5.04. The monoisotopic (exact) mass is 662 g/mol. The van der Waals surface area contributed by atoms with Gasteiger partial charge in [0.2, 0.25) is 0 Å². The molecule has 0 N–H and O–H groups in total. The second-order valence-electron chi connectivity index (χ2n) is 13.4. The molecule has 0 atom stereocenters. The zero-order valence-electron chi connectivity index (χ0n) is 28.5. The molecule has 1 heterocycles. The molecule has 0 saturated carbocycles. The van der Waals surface area contributed by atoms with Crippen LogP contribution in [-0.2, 0) is 0 Å². The van der Waals surface area contributed by atoms with Gasteiger partial charge in [-0.3, -0.25) is 0 Å². The number of anilines is 3. The zero-order valence-corrected chi connectivity index (χ0v) is 28.5. The van der Waals surface area contributed by atoms with Crippen LogP contribution >= 0.6 is 0 Å². The van der Waals surface area contributed by atoms with Gasteiger partial charge in [0.15, 0.2) is 0 Å². The number of fused-ring (bicyclic) bond motifs is 5. The first-order valence-corrected chi connectivity index (χ1v) is 17.9. The van der Waals surface area contributed by atoms with Crippen LogP contribution in [0.1, 0.15) is 0 Å². The lowest BCUT2D eigenvalue weighted by Gasteiger charge is -2.30. The maximum Gasteiger partial charge on any atom is 0.0561 e. The molecular formula is C50H34N2. The van der Waals surface area contributed by atoms with Gasteiger partial charge in [0.05, 0.1) is 22.4 Å². The maximum absolute atomic E-state index is 2.46. The van der Waals surface area contributed by atoms with Gasteiger partial charge in [0, 0.05) is 33.3 Å². The molecule has 0 radical (unpaired) electrons. The van der Waals surface area contributed by atoms with E-state index >= 15 is 0 Å². The van der Waals surface area contributed by atoms with Gasteiger partial charge in [-0.1, -0.05) is 152 Å². The summed E-state index contributed by atoms with van der Waals surface area (Å²) < 4.78 is 2.40. The zero-order chi connectivity index (χ0) is 34.4. The van der Waals surface area contributed by atoms with E-state index in [0.717, 1.165) is 22.7 Å². The van der Waals surface area contributed by atoms with E-state index in [1.165, 1.54) is 65.6 Å². The number of hydrogen-bond donors (Lipinski definition) is 0. The molecule has 1 aromatic heterocycles. The van der Waals surface area contributed by atoms with Gasteiger partial charge in [0.1, 0.15) is 0 Å². The summed E-state index contributed by atoms with van der Waals surface area (Å²) in [4.78, 5) is 2.46. The third-order valence-electron chi connectivity index (χ3n) is 10.3. The number of para-hydroxylation sites is 4. The molecule has 0 aliphatic carbocycles. The highest BCUT2D eigenvalue weighted by molar-refractivity contribution is 6.11. The molecular weight excluding hydrogens is 629 g/mol. The lowest BCUT2D eigenvalue weighted by molar-refractivity contribution is 1.18. The Bertz CT molecular complexity index is 2790. The Morgan fingerprint density at radius 1 is 0.327 bits per heavy atom. The standard InChI is InChI=1S/C50H34N2/c1-2-18-41(19-3-1)51-49-25-13-10-22-45(49)46-31-30-42(34-50(46)51)52(47-23-11-8-20-43(47)39-28-26-35-14-4-6-16-37(35)32-39)48-24-12-9-21-44(48)40-29-27-36-15-5-7-17-38(36)33-40/h1-34H. The average molecular weight is 663 g/mol. The summed E-state index contributed by atoms with van der Waals surface area (Å²) in [6, 6.07) is 74.9. The quantitative estimate of drug-likeness (QED) is 0.172. The van der Waals surface area contributed by atoms with Crippen LogP contribution in [0.2, 0.25) is 0 Å². The van der Waals surface area contributed by atoms with Crippen LogP contribution in [0.25, 0.3) is 71.3 Å². The Labute approximate surface area is 303 Å². The number of hydrogen-bond acceptors (Lipinski definition) is 1. The van der Waals surface area contributed by atoms with E-state index in [-0.39, 0.29) is 0 Å². The van der Waals surface area contributed by atoms with E-state index in [2.05, 4.69) is 216 Å². The van der Waals surface area contributed by atoms with Gasteiger partial charge in [-0.25, -0.2) is 0 Å². The lowest BCUT2D eigenvalue weighted by Crippen LogP contribution is -2.12. The molecule has 0 aliphatic heterocycles. The molecule has 2 nitrogen and oxygen atoms in total. The van der Waals surface area contributed by atoms with Crippen LogP contribution in [-0.4, -0.2) is 4.57 Å². The van der Waals surface area contributed by atoms with Crippen LogP contribution < -0.4 is 4.90 Å². The minimum absolute atomic E-state index is 1.09. The smallest absolute Gasteiger partial charge is 0.0561 e. The molecule has 244 valence electrons. The number of aromatic nitrogens is 1. The molecule has 0 aliphatic rings. The number of benzene rings is 9. The topological polar surface area (TPSA) is 8.17 Å². The summed E-state index contributed by atoms with van der Waals surface area (Å²) >= 11 is 0. The van der Waals surface area contributed by atoms with E-state index < -0.39 is 0 Å². The first kappa shape index (κ1) is 30.0. The fourth-order valence-electron chi connectivity index (χ4n) is 7.90. The highest BCUT2D eigenvalue weighted by Gasteiger charge is 2.22. The minimum atomic E-state index is 1.09. The molecule has 0 saturated heterocycles. The van der Waals surface area contributed by atoms with Crippen molar-refractivity contribution in [2.45, 2.75) is 0 Å². The predicted octanol–water partition coefficient (Wildman–Crippen LogP) is 13.9. The van der Waals surface area contributed by atoms with Crippen LogP contribution in [0.3, 0.4) is 0 Å². The largest absolute Gasteiger partial charge is 0.309 e. The lowest BCUT2D eigenvalue weighted by atomic mass is 9.96. The molecule has 2 heteroatoms. The molecule has 0 amide bonds. The second-order valence-corrected chi connectivity index (χ2v) is 13.4. The summed E-state index contributed by atoms with van der Waals surface area (Å²) in [5, 5.41) is 7.41. The molecule has 9 aromatic carbocycles. The van der Waals surface area contributed by atoms with E-state index in [1.54, 1.807) is 0 Å². The van der Waals surface area contributed by atoms with Crippen molar-refractivity contribution >= 4 is 60.4 Å². The summed E-state index contributed by atoms with van der Waals surface area (Å²) in [5.74, 6) is 0. The van der Waals surface area contributed by atoms with E-state index in [4.69, 9.17) is 0 Å². The SMILES string of the molecule is c1ccc(-n2c3ccccc3c3ccc(N(c4ccccc4-c4ccc5ccccc5c4)c4ccccc4-c4ccc5ccccc5c4)cc32)cc1. The predicted molar refractivity (Wildman–Crippen MR) is 221 cm³/mol. The van der Waals surface area contributed by atoms with Crippen LogP contribution in [0.4, 0.5) is 17.1 Å². The van der Waals surface area contributed by atoms with Crippen molar-refractivity contribution in [1.29, 1.82) is 0 Å². The highest BCUT2D eigenvalue weighted by Crippen LogP contribution is 2.46. The Morgan fingerprint density at radius 2 is 0.827 bits per heavy atom. The first-order valence-electron chi connectivity index (χ1n) is 17.9. The van der Waals surface area contributed by atoms with Crippen molar-refractivity contribution in [3.8, 4) is 27.9 Å². The van der Waals surface area contributed by atoms with E-state index in [9.17, 15) is 0 Å². The van der Waals surface area contributed by atoms with Crippen molar-refractivity contribution in [2.75, 3.05) is 4.90 Å². The number of rotatable bonds is 6. The van der Waals surface area contributed by atoms with Crippen molar-refractivity contribution in [2.24, 2.45) is 0 Å². The van der Waals surface area contributed by atoms with Crippen molar-refractivity contribution in [3.05, 3.63) is 206 Å². The minimum Gasteiger partial charge on any atom is -0.309 e. The summed E-state index contributed by atoms with van der Waals surface area (Å²) in [6.07, 6.45) is 0. The van der Waals surface area contributed by atoms with E-state index in [1.807, 2.05) is 0 Å². The van der Waals surface area contributed by atoms with Gasteiger partial charge >= 0.3 is 0 Å². The fourth-order valence-corrected chi connectivity index (χ4v) is 7.90. The highest BCUT2D eigenvalue weighted by atomic mass is 15.1. The Hall–Kier alpha value is -6.90. The van der Waals surface area contributed by atoms with Crippen molar-refractivity contribution in [3.63, 3.8) is 0 Å². The van der Waals surface area contributed by atoms with Gasteiger partial charge in [-0.2, -0.15) is 0 Å².